The van der Waals surface area contributed by atoms with Crippen molar-refractivity contribution in [1.82, 2.24) is 0 Å². The van der Waals surface area contributed by atoms with Gasteiger partial charge in [0.05, 0.1) is 10.9 Å². The van der Waals surface area contributed by atoms with E-state index in [1.165, 1.54) is 12.1 Å². The smallest absolute Gasteiger partial charge is 0.311 e. The van der Waals surface area contributed by atoms with Gasteiger partial charge in [-0.2, -0.15) is 0 Å². The van der Waals surface area contributed by atoms with Crippen molar-refractivity contribution in [2.24, 2.45) is 5.92 Å². The van der Waals surface area contributed by atoms with E-state index in [9.17, 15) is 18.8 Å². The number of esters is 1. The van der Waals surface area contributed by atoms with Crippen molar-refractivity contribution in [3.05, 3.63) is 58.9 Å². The molecular formula is C21H20ClFN2O4. The second kappa shape index (κ2) is 9.05. The van der Waals surface area contributed by atoms with Crippen LogP contribution < -0.4 is 10.2 Å². The SMILES string of the molecule is CCc1ccccc1N1C[C@H](C(=O)OCC(=O)Nc2ccc(F)c(Cl)c2)CC1=O. The lowest BCUT2D eigenvalue weighted by Gasteiger charge is -2.19. The summed E-state index contributed by atoms with van der Waals surface area (Å²) in [4.78, 5) is 38.3. The Bertz CT molecular complexity index is 950. The molecule has 0 unspecified atom stereocenters. The fourth-order valence-corrected chi connectivity index (χ4v) is 3.38. The fourth-order valence-electron chi connectivity index (χ4n) is 3.20. The molecule has 0 bridgehead atoms. The van der Waals surface area contributed by atoms with Gasteiger partial charge in [0.25, 0.3) is 5.91 Å². The lowest BCUT2D eigenvalue weighted by atomic mass is 10.1. The summed E-state index contributed by atoms with van der Waals surface area (Å²) in [5, 5.41) is 2.34. The van der Waals surface area contributed by atoms with Crippen LogP contribution >= 0.6 is 11.6 Å². The molecule has 2 aromatic carbocycles. The van der Waals surface area contributed by atoms with Gasteiger partial charge in [-0.3, -0.25) is 14.4 Å². The predicted octanol–water partition coefficient (Wildman–Crippen LogP) is 3.58. The number of rotatable bonds is 6. The summed E-state index contributed by atoms with van der Waals surface area (Å²) in [5.41, 5.74) is 2.10. The number of carbonyl (C=O) groups excluding carboxylic acids is 3. The number of benzene rings is 2. The summed E-state index contributed by atoms with van der Waals surface area (Å²) in [7, 11) is 0. The summed E-state index contributed by atoms with van der Waals surface area (Å²) in [6.07, 6.45) is 0.800. The number of nitrogens with one attached hydrogen (secondary N) is 1. The van der Waals surface area contributed by atoms with Gasteiger partial charge in [-0.15, -0.1) is 0 Å². The van der Waals surface area contributed by atoms with Crippen LogP contribution in [0.3, 0.4) is 0 Å². The number of anilines is 2. The standard InChI is InChI=1S/C21H20ClFN2O4/c1-2-13-5-3-4-6-18(13)25-11-14(9-20(25)27)21(28)29-12-19(26)24-15-7-8-17(23)16(22)10-15/h3-8,10,14H,2,9,11-12H2,1H3,(H,24,26)/t14-/m1/s1. The molecule has 0 aromatic heterocycles. The van der Waals surface area contributed by atoms with Gasteiger partial charge in [0.1, 0.15) is 5.82 Å². The minimum Gasteiger partial charge on any atom is -0.455 e. The molecule has 0 radical (unpaired) electrons. The molecule has 0 saturated carbocycles. The highest BCUT2D eigenvalue weighted by Gasteiger charge is 2.37. The third kappa shape index (κ3) is 4.92. The van der Waals surface area contributed by atoms with E-state index in [1.54, 1.807) is 4.90 Å². The third-order valence-electron chi connectivity index (χ3n) is 4.67. The van der Waals surface area contributed by atoms with Crippen LogP contribution in [0.4, 0.5) is 15.8 Å². The first-order chi connectivity index (χ1) is 13.9. The van der Waals surface area contributed by atoms with Crippen molar-refractivity contribution in [2.45, 2.75) is 19.8 Å². The maximum atomic E-state index is 13.2. The second-order valence-corrected chi connectivity index (χ2v) is 7.08. The summed E-state index contributed by atoms with van der Waals surface area (Å²) in [5.74, 6) is -2.59. The Balaban J connectivity index is 1.55. The molecule has 0 aliphatic carbocycles. The van der Waals surface area contributed by atoms with Crippen molar-refractivity contribution >= 4 is 40.8 Å². The van der Waals surface area contributed by atoms with Gasteiger partial charge in [0.2, 0.25) is 5.91 Å². The molecule has 3 rings (SSSR count). The van der Waals surface area contributed by atoms with Crippen LogP contribution in [0.1, 0.15) is 18.9 Å². The molecule has 1 heterocycles. The summed E-state index contributed by atoms with van der Waals surface area (Å²) in [6, 6.07) is 11.3. The largest absolute Gasteiger partial charge is 0.455 e. The Morgan fingerprint density at radius 3 is 2.76 bits per heavy atom. The van der Waals surface area contributed by atoms with E-state index in [-0.39, 0.29) is 29.6 Å². The number of hydrogen-bond donors (Lipinski definition) is 1. The van der Waals surface area contributed by atoms with Crippen molar-refractivity contribution in [3.8, 4) is 0 Å². The molecule has 2 aromatic rings. The van der Waals surface area contributed by atoms with Crippen molar-refractivity contribution < 1.29 is 23.5 Å². The second-order valence-electron chi connectivity index (χ2n) is 6.67. The maximum Gasteiger partial charge on any atom is 0.311 e. The van der Waals surface area contributed by atoms with Gasteiger partial charge in [-0.05, 0) is 36.2 Å². The Morgan fingerprint density at radius 1 is 1.28 bits per heavy atom. The first kappa shape index (κ1) is 20.8. The van der Waals surface area contributed by atoms with Crippen molar-refractivity contribution in [1.29, 1.82) is 0 Å². The third-order valence-corrected chi connectivity index (χ3v) is 4.96. The molecule has 0 spiro atoms. The van der Waals surface area contributed by atoms with Gasteiger partial charge in [0.15, 0.2) is 6.61 Å². The molecule has 2 amide bonds. The van der Waals surface area contributed by atoms with Crippen LogP contribution in [-0.2, 0) is 25.5 Å². The average molecular weight is 419 g/mol. The van der Waals surface area contributed by atoms with Crippen LogP contribution in [0.15, 0.2) is 42.5 Å². The van der Waals surface area contributed by atoms with Crippen LogP contribution in [0.5, 0.6) is 0 Å². The first-order valence-electron chi connectivity index (χ1n) is 9.18. The van der Waals surface area contributed by atoms with Crippen LogP contribution in [-0.4, -0.2) is 30.9 Å². The normalized spacial score (nSPS) is 16.0. The first-order valence-corrected chi connectivity index (χ1v) is 9.56. The highest BCUT2D eigenvalue weighted by atomic mass is 35.5. The number of ether oxygens (including phenoxy) is 1. The summed E-state index contributed by atoms with van der Waals surface area (Å²) in [6.45, 7) is 1.70. The number of carbonyl (C=O) groups is 3. The van der Waals surface area contributed by atoms with Crippen LogP contribution in [0.2, 0.25) is 5.02 Å². The number of nitrogens with zero attached hydrogens (tertiary/aromatic N) is 1. The average Bonchev–Trinajstić information content (AvgIpc) is 3.10. The molecule has 8 heteroatoms. The highest BCUT2D eigenvalue weighted by Crippen LogP contribution is 2.29. The molecular weight excluding hydrogens is 399 g/mol. The molecule has 152 valence electrons. The van der Waals surface area contributed by atoms with E-state index in [0.717, 1.165) is 23.7 Å². The number of halogens is 2. The summed E-state index contributed by atoms with van der Waals surface area (Å²) < 4.78 is 18.2. The number of para-hydroxylation sites is 1. The zero-order chi connectivity index (χ0) is 21.0. The predicted molar refractivity (Wildman–Crippen MR) is 107 cm³/mol. The Hall–Kier alpha value is -2.93. The van der Waals surface area contributed by atoms with E-state index in [0.29, 0.717) is 0 Å². The number of amides is 2. The molecule has 29 heavy (non-hydrogen) atoms. The lowest BCUT2D eigenvalue weighted by Crippen LogP contribution is -2.28. The topological polar surface area (TPSA) is 75.7 Å². The fraction of sp³-hybridized carbons (Fsp3) is 0.286. The molecule has 1 atom stereocenters. The molecule has 1 aliphatic heterocycles. The Labute approximate surface area is 172 Å². The van der Waals surface area contributed by atoms with E-state index < -0.39 is 30.2 Å². The molecule has 1 fully saturated rings. The van der Waals surface area contributed by atoms with Gasteiger partial charge < -0.3 is 15.0 Å². The zero-order valence-corrected chi connectivity index (χ0v) is 16.5. The highest BCUT2D eigenvalue weighted by molar-refractivity contribution is 6.31. The minimum absolute atomic E-state index is 0.0338. The molecule has 1 saturated heterocycles. The van der Waals surface area contributed by atoms with Gasteiger partial charge in [0, 0.05) is 24.3 Å². The minimum atomic E-state index is -0.638. The molecule has 1 aliphatic rings. The van der Waals surface area contributed by atoms with Gasteiger partial charge >= 0.3 is 5.97 Å². The molecule has 6 nitrogen and oxygen atoms in total. The zero-order valence-electron chi connectivity index (χ0n) is 15.8. The molecule has 1 N–H and O–H groups in total. The maximum absolute atomic E-state index is 13.2. The monoisotopic (exact) mass is 418 g/mol. The Morgan fingerprint density at radius 2 is 2.03 bits per heavy atom. The van der Waals surface area contributed by atoms with E-state index in [2.05, 4.69) is 5.32 Å². The van der Waals surface area contributed by atoms with E-state index in [4.69, 9.17) is 16.3 Å². The van der Waals surface area contributed by atoms with E-state index in [1.807, 2.05) is 31.2 Å². The Kier molecular flexibility index (Phi) is 6.49. The van der Waals surface area contributed by atoms with Gasteiger partial charge in [-0.25, -0.2) is 4.39 Å². The van der Waals surface area contributed by atoms with Crippen molar-refractivity contribution in [3.63, 3.8) is 0 Å². The number of aryl methyl sites for hydroxylation is 1. The summed E-state index contributed by atoms with van der Waals surface area (Å²) >= 11 is 5.66. The van der Waals surface area contributed by atoms with E-state index >= 15 is 0 Å². The quantitative estimate of drug-likeness (QED) is 0.727. The van der Waals surface area contributed by atoms with Crippen LogP contribution in [0.25, 0.3) is 0 Å². The number of hydrogen-bond acceptors (Lipinski definition) is 4. The van der Waals surface area contributed by atoms with Crippen molar-refractivity contribution in [2.75, 3.05) is 23.4 Å². The lowest BCUT2D eigenvalue weighted by molar-refractivity contribution is -0.151. The van der Waals surface area contributed by atoms with Crippen LogP contribution in [0, 0.1) is 11.7 Å². The van der Waals surface area contributed by atoms with Gasteiger partial charge in [-0.1, -0.05) is 36.7 Å².